The van der Waals surface area contributed by atoms with Crippen LogP contribution >= 0.6 is 28.3 Å². The van der Waals surface area contributed by atoms with Gasteiger partial charge in [0.25, 0.3) is 0 Å². The summed E-state index contributed by atoms with van der Waals surface area (Å²) in [5.74, 6) is -0.194. The van der Waals surface area contributed by atoms with Gasteiger partial charge in [-0.15, -0.1) is 12.4 Å². The average Bonchev–Trinajstić information content (AvgIpc) is 2.62. The third kappa shape index (κ3) is 5.03. The third-order valence-corrected chi connectivity index (χ3v) is 4.19. The van der Waals surface area contributed by atoms with Crippen molar-refractivity contribution in [1.29, 1.82) is 0 Å². The summed E-state index contributed by atoms with van der Waals surface area (Å²) in [7, 11) is 2.16. The molecule has 1 aromatic rings. The molecule has 5 heteroatoms. The van der Waals surface area contributed by atoms with Crippen LogP contribution in [-0.4, -0.2) is 31.1 Å². The van der Waals surface area contributed by atoms with Crippen LogP contribution in [0.3, 0.4) is 0 Å². The second kappa shape index (κ2) is 8.20. The minimum Gasteiger partial charge on any atom is -0.317 e. The standard InChI is InChI=1S/C14H20BrFN2.ClH/c1-18(12-3-2-7-17-8-6-12)10-11-4-5-14(16)13(15)9-11;/h4-5,9,12,17H,2-3,6-8,10H2,1H3;1H. The maximum atomic E-state index is 13.2. The van der Waals surface area contributed by atoms with Gasteiger partial charge in [0.1, 0.15) is 5.82 Å². The van der Waals surface area contributed by atoms with Crippen LogP contribution in [0.2, 0.25) is 0 Å². The predicted molar refractivity (Wildman–Crippen MR) is 83.3 cm³/mol. The fraction of sp³-hybridized carbons (Fsp3) is 0.571. The highest BCUT2D eigenvalue weighted by Gasteiger charge is 2.16. The van der Waals surface area contributed by atoms with E-state index >= 15 is 0 Å². The maximum Gasteiger partial charge on any atom is 0.137 e. The van der Waals surface area contributed by atoms with E-state index in [1.54, 1.807) is 0 Å². The zero-order valence-corrected chi connectivity index (χ0v) is 13.6. The Kier molecular flexibility index (Phi) is 7.29. The molecule has 0 amide bonds. The molecule has 0 aromatic heterocycles. The fourth-order valence-corrected chi connectivity index (χ4v) is 2.92. The second-order valence-corrected chi connectivity index (χ2v) is 5.85. The van der Waals surface area contributed by atoms with Gasteiger partial charge >= 0.3 is 0 Å². The summed E-state index contributed by atoms with van der Waals surface area (Å²) in [4.78, 5) is 2.38. The summed E-state index contributed by atoms with van der Waals surface area (Å²) in [5, 5.41) is 3.43. The van der Waals surface area contributed by atoms with Crippen LogP contribution in [0.1, 0.15) is 24.8 Å². The Morgan fingerprint density at radius 1 is 1.37 bits per heavy atom. The molecule has 1 fully saturated rings. The second-order valence-electron chi connectivity index (χ2n) is 5.00. The largest absolute Gasteiger partial charge is 0.317 e. The van der Waals surface area contributed by atoms with Crippen molar-refractivity contribution in [3.63, 3.8) is 0 Å². The first kappa shape index (κ1) is 16.9. The molecule has 2 rings (SSSR count). The minimum atomic E-state index is -0.194. The first-order valence-electron chi connectivity index (χ1n) is 6.51. The molecule has 0 aliphatic carbocycles. The van der Waals surface area contributed by atoms with Crippen LogP contribution in [0, 0.1) is 5.82 Å². The zero-order chi connectivity index (χ0) is 13.0. The van der Waals surface area contributed by atoms with Crippen molar-refractivity contribution in [3.05, 3.63) is 34.1 Å². The van der Waals surface area contributed by atoms with Gasteiger partial charge in [-0.25, -0.2) is 4.39 Å². The van der Waals surface area contributed by atoms with E-state index < -0.39 is 0 Å². The summed E-state index contributed by atoms with van der Waals surface area (Å²) in [6.45, 7) is 3.11. The Morgan fingerprint density at radius 3 is 2.89 bits per heavy atom. The smallest absolute Gasteiger partial charge is 0.137 e. The Morgan fingerprint density at radius 2 is 2.16 bits per heavy atom. The molecule has 1 atom stereocenters. The van der Waals surface area contributed by atoms with E-state index in [9.17, 15) is 4.39 Å². The molecule has 1 aliphatic rings. The molecule has 0 radical (unpaired) electrons. The van der Waals surface area contributed by atoms with Crippen molar-refractivity contribution < 1.29 is 4.39 Å². The molecule has 0 spiro atoms. The van der Waals surface area contributed by atoms with E-state index in [1.807, 2.05) is 12.1 Å². The first-order valence-corrected chi connectivity index (χ1v) is 7.31. The van der Waals surface area contributed by atoms with Crippen LogP contribution < -0.4 is 5.32 Å². The van der Waals surface area contributed by atoms with E-state index in [-0.39, 0.29) is 18.2 Å². The molecule has 0 saturated carbocycles. The molecule has 1 saturated heterocycles. The van der Waals surface area contributed by atoms with Gasteiger partial charge in [0.2, 0.25) is 0 Å². The summed E-state index contributed by atoms with van der Waals surface area (Å²) in [5.41, 5.74) is 1.16. The summed E-state index contributed by atoms with van der Waals surface area (Å²) in [6, 6.07) is 5.90. The highest BCUT2D eigenvalue weighted by Crippen LogP contribution is 2.20. The molecule has 108 valence electrons. The number of benzene rings is 1. The highest BCUT2D eigenvalue weighted by atomic mass is 79.9. The van der Waals surface area contributed by atoms with Crippen molar-refractivity contribution in [3.8, 4) is 0 Å². The quantitative estimate of drug-likeness (QED) is 0.895. The minimum absolute atomic E-state index is 0. The van der Waals surface area contributed by atoms with Gasteiger partial charge in [-0.2, -0.15) is 0 Å². The van der Waals surface area contributed by atoms with Gasteiger partial charge in [-0.3, -0.25) is 4.90 Å². The fourth-order valence-electron chi connectivity index (χ4n) is 2.50. The molecule has 1 aromatic carbocycles. The molecular formula is C14H21BrClFN2. The van der Waals surface area contributed by atoms with Crippen molar-refractivity contribution in [2.24, 2.45) is 0 Å². The van der Waals surface area contributed by atoms with E-state index in [1.165, 1.54) is 25.3 Å². The Labute approximate surface area is 129 Å². The van der Waals surface area contributed by atoms with E-state index in [0.29, 0.717) is 10.5 Å². The van der Waals surface area contributed by atoms with Crippen LogP contribution in [0.4, 0.5) is 4.39 Å². The maximum absolute atomic E-state index is 13.2. The molecule has 2 nitrogen and oxygen atoms in total. The van der Waals surface area contributed by atoms with Crippen molar-refractivity contribution >= 4 is 28.3 Å². The predicted octanol–water partition coefficient (Wildman–Crippen LogP) is 3.58. The Hall–Kier alpha value is -0.160. The number of rotatable bonds is 3. The first-order chi connectivity index (χ1) is 8.66. The zero-order valence-electron chi connectivity index (χ0n) is 11.2. The summed E-state index contributed by atoms with van der Waals surface area (Å²) < 4.78 is 13.7. The van der Waals surface area contributed by atoms with E-state index in [2.05, 4.69) is 33.2 Å². The van der Waals surface area contributed by atoms with Gasteiger partial charge in [0.15, 0.2) is 0 Å². The lowest BCUT2D eigenvalue weighted by Crippen LogP contribution is -2.32. The van der Waals surface area contributed by atoms with Gasteiger partial charge in [-0.1, -0.05) is 6.07 Å². The van der Waals surface area contributed by atoms with Crippen LogP contribution in [0.25, 0.3) is 0 Å². The highest BCUT2D eigenvalue weighted by molar-refractivity contribution is 9.10. The Bertz CT molecular complexity index is 395. The molecular weight excluding hydrogens is 331 g/mol. The number of halogens is 3. The van der Waals surface area contributed by atoms with Crippen molar-refractivity contribution in [2.75, 3.05) is 20.1 Å². The van der Waals surface area contributed by atoms with Gasteiger partial charge in [0, 0.05) is 12.6 Å². The lowest BCUT2D eigenvalue weighted by molar-refractivity contribution is 0.216. The van der Waals surface area contributed by atoms with Gasteiger partial charge in [0.05, 0.1) is 4.47 Å². The lowest BCUT2D eigenvalue weighted by Gasteiger charge is -2.27. The molecule has 0 bridgehead atoms. The SMILES string of the molecule is CN(Cc1ccc(F)c(Br)c1)C1CCCNCC1.Cl. The molecule has 1 N–H and O–H groups in total. The monoisotopic (exact) mass is 350 g/mol. The normalized spacial score (nSPS) is 19.9. The van der Waals surface area contributed by atoms with Crippen LogP contribution in [0.15, 0.2) is 22.7 Å². The number of nitrogens with zero attached hydrogens (tertiary/aromatic N) is 1. The van der Waals surface area contributed by atoms with Crippen LogP contribution in [-0.2, 0) is 6.54 Å². The van der Waals surface area contributed by atoms with Gasteiger partial charge < -0.3 is 5.32 Å². The molecule has 1 aliphatic heterocycles. The summed E-state index contributed by atoms with van der Waals surface area (Å²) >= 11 is 3.24. The van der Waals surface area contributed by atoms with Crippen molar-refractivity contribution in [1.82, 2.24) is 10.2 Å². The molecule has 19 heavy (non-hydrogen) atoms. The van der Waals surface area contributed by atoms with Gasteiger partial charge in [-0.05, 0) is 73.0 Å². The van der Waals surface area contributed by atoms with Crippen molar-refractivity contribution in [2.45, 2.75) is 31.8 Å². The number of hydrogen-bond donors (Lipinski definition) is 1. The molecule has 1 unspecified atom stereocenters. The lowest BCUT2D eigenvalue weighted by atomic mass is 10.1. The summed E-state index contributed by atoms with van der Waals surface area (Å²) in [6.07, 6.45) is 3.67. The van der Waals surface area contributed by atoms with E-state index in [4.69, 9.17) is 0 Å². The van der Waals surface area contributed by atoms with E-state index in [0.717, 1.165) is 25.2 Å². The number of nitrogens with one attached hydrogen (secondary N) is 1. The van der Waals surface area contributed by atoms with Crippen LogP contribution in [0.5, 0.6) is 0 Å². The third-order valence-electron chi connectivity index (χ3n) is 3.58. The average molecular weight is 352 g/mol. The Balaban J connectivity index is 0.00000180. The topological polar surface area (TPSA) is 15.3 Å². The number of hydrogen-bond acceptors (Lipinski definition) is 2. The molecule has 1 heterocycles.